The fourth-order valence-electron chi connectivity index (χ4n) is 2.19. The molecule has 0 aliphatic rings. The first-order chi connectivity index (χ1) is 10.2. The highest BCUT2D eigenvalue weighted by atomic mass is 16.5. The summed E-state index contributed by atoms with van der Waals surface area (Å²) in [6.45, 7) is 3.16. The Morgan fingerprint density at radius 1 is 1.29 bits per heavy atom. The maximum atomic E-state index is 5.96. The van der Waals surface area contributed by atoms with Crippen LogP contribution in [0.5, 0.6) is 11.5 Å². The molecule has 2 aromatic rings. The van der Waals surface area contributed by atoms with E-state index in [9.17, 15) is 0 Å². The average molecular weight is 289 g/mol. The molecule has 21 heavy (non-hydrogen) atoms. The van der Waals surface area contributed by atoms with Gasteiger partial charge in [0.05, 0.1) is 18.5 Å². The van der Waals surface area contributed by atoms with Gasteiger partial charge in [0, 0.05) is 13.1 Å². The van der Waals surface area contributed by atoms with Crippen molar-refractivity contribution in [1.82, 2.24) is 9.78 Å². The Bertz CT molecular complexity index is 593. The predicted octanol–water partition coefficient (Wildman–Crippen LogP) is 2.07. The molecule has 0 bridgehead atoms. The highest BCUT2D eigenvalue weighted by Crippen LogP contribution is 2.26. The van der Waals surface area contributed by atoms with Gasteiger partial charge in [-0.2, -0.15) is 5.10 Å². The second-order valence-electron chi connectivity index (χ2n) is 4.91. The van der Waals surface area contributed by atoms with Gasteiger partial charge in [-0.25, -0.2) is 0 Å². The van der Waals surface area contributed by atoms with Crippen LogP contribution in [0.1, 0.15) is 23.9 Å². The van der Waals surface area contributed by atoms with Crippen LogP contribution in [0, 0.1) is 0 Å². The molecule has 0 aliphatic heterocycles. The highest BCUT2D eigenvalue weighted by Gasteiger charge is 2.09. The molecular weight excluding hydrogens is 266 g/mol. The summed E-state index contributed by atoms with van der Waals surface area (Å²) in [5, 5.41) is 4.43. The van der Waals surface area contributed by atoms with Crippen molar-refractivity contribution >= 4 is 0 Å². The van der Waals surface area contributed by atoms with Gasteiger partial charge in [0.15, 0.2) is 0 Å². The summed E-state index contributed by atoms with van der Waals surface area (Å²) in [6.07, 6.45) is 1.70. The average Bonchev–Trinajstić information content (AvgIpc) is 2.87. The van der Waals surface area contributed by atoms with E-state index in [0.29, 0.717) is 13.2 Å². The van der Waals surface area contributed by atoms with Crippen LogP contribution in [0.25, 0.3) is 0 Å². The van der Waals surface area contributed by atoms with Crippen molar-refractivity contribution in [3.05, 3.63) is 41.2 Å². The van der Waals surface area contributed by atoms with Gasteiger partial charge >= 0.3 is 0 Å². The number of hydrogen-bond acceptors (Lipinski definition) is 4. The van der Waals surface area contributed by atoms with Crippen LogP contribution in [0.3, 0.4) is 0 Å². The molecule has 0 spiro atoms. The van der Waals surface area contributed by atoms with Crippen LogP contribution >= 0.6 is 0 Å². The third-order valence-corrected chi connectivity index (χ3v) is 3.45. The second-order valence-corrected chi connectivity index (χ2v) is 4.91. The van der Waals surface area contributed by atoms with Crippen molar-refractivity contribution in [1.29, 1.82) is 0 Å². The van der Waals surface area contributed by atoms with E-state index in [4.69, 9.17) is 15.2 Å². The van der Waals surface area contributed by atoms with Gasteiger partial charge in [0.25, 0.3) is 0 Å². The van der Waals surface area contributed by atoms with Crippen molar-refractivity contribution in [3.63, 3.8) is 0 Å². The van der Waals surface area contributed by atoms with Crippen LogP contribution in [0.15, 0.2) is 24.3 Å². The number of aromatic nitrogens is 2. The number of benzene rings is 1. The first-order valence-corrected chi connectivity index (χ1v) is 7.19. The number of rotatable bonds is 7. The number of aryl methyl sites for hydroxylation is 2. The fourth-order valence-corrected chi connectivity index (χ4v) is 2.19. The Morgan fingerprint density at radius 3 is 2.71 bits per heavy atom. The molecule has 1 heterocycles. The van der Waals surface area contributed by atoms with Crippen LogP contribution < -0.4 is 15.2 Å². The van der Waals surface area contributed by atoms with Crippen LogP contribution in [0.2, 0.25) is 0 Å². The van der Waals surface area contributed by atoms with Crippen molar-refractivity contribution in [2.24, 2.45) is 12.8 Å². The topological polar surface area (TPSA) is 62.3 Å². The summed E-state index contributed by atoms with van der Waals surface area (Å²) in [6, 6.07) is 7.91. The Labute approximate surface area is 125 Å². The molecule has 0 aliphatic carbocycles. The molecule has 0 saturated heterocycles. The molecule has 0 unspecified atom stereocenters. The van der Waals surface area contributed by atoms with Gasteiger partial charge in [-0.05, 0) is 37.1 Å². The van der Waals surface area contributed by atoms with Gasteiger partial charge in [0.1, 0.15) is 18.1 Å². The SMILES string of the molecule is CCc1cc(COc2cc(OC)ccc2CCN)n(C)n1. The van der Waals surface area contributed by atoms with Crippen molar-refractivity contribution in [3.8, 4) is 11.5 Å². The molecule has 0 fully saturated rings. The molecule has 2 N–H and O–H groups in total. The summed E-state index contributed by atoms with van der Waals surface area (Å²) in [5.74, 6) is 1.60. The van der Waals surface area contributed by atoms with Gasteiger partial charge in [0.2, 0.25) is 0 Å². The second kappa shape index (κ2) is 7.13. The molecule has 0 amide bonds. The Balaban J connectivity index is 2.15. The van der Waals surface area contributed by atoms with Gasteiger partial charge in [-0.3, -0.25) is 4.68 Å². The minimum Gasteiger partial charge on any atom is -0.497 e. The maximum absolute atomic E-state index is 5.96. The largest absolute Gasteiger partial charge is 0.497 e. The van der Waals surface area contributed by atoms with Crippen molar-refractivity contribution in [2.75, 3.05) is 13.7 Å². The summed E-state index contributed by atoms with van der Waals surface area (Å²) in [4.78, 5) is 0. The third-order valence-electron chi connectivity index (χ3n) is 3.45. The number of nitrogens with zero attached hydrogens (tertiary/aromatic N) is 2. The molecule has 5 heteroatoms. The summed E-state index contributed by atoms with van der Waals surface area (Å²) in [5.41, 5.74) is 8.87. The van der Waals surface area contributed by atoms with E-state index in [1.165, 1.54) is 0 Å². The molecule has 1 aromatic heterocycles. The Kier molecular flexibility index (Phi) is 5.22. The summed E-state index contributed by atoms with van der Waals surface area (Å²) < 4.78 is 13.1. The highest BCUT2D eigenvalue weighted by molar-refractivity contribution is 5.41. The van der Waals surface area contributed by atoms with Crippen molar-refractivity contribution in [2.45, 2.75) is 26.4 Å². The van der Waals surface area contributed by atoms with Crippen molar-refractivity contribution < 1.29 is 9.47 Å². The Hall–Kier alpha value is -2.01. The van der Waals surface area contributed by atoms with Gasteiger partial charge < -0.3 is 15.2 Å². The predicted molar refractivity (Wildman–Crippen MR) is 82.7 cm³/mol. The molecule has 1 aromatic carbocycles. The Morgan fingerprint density at radius 2 is 2.10 bits per heavy atom. The minimum absolute atomic E-state index is 0.480. The van der Waals surface area contributed by atoms with Crippen LogP contribution in [-0.2, 0) is 26.5 Å². The zero-order valence-corrected chi connectivity index (χ0v) is 12.9. The monoisotopic (exact) mass is 289 g/mol. The lowest BCUT2D eigenvalue weighted by atomic mass is 10.1. The lowest BCUT2D eigenvalue weighted by Crippen LogP contribution is -2.07. The first kappa shape index (κ1) is 15.4. The number of ether oxygens (including phenoxy) is 2. The van der Waals surface area contributed by atoms with Gasteiger partial charge in [-0.1, -0.05) is 13.0 Å². The van der Waals surface area contributed by atoms with E-state index >= 15 is 0 Å². The van der Waals surface area contributed by atoms with E-state index in [0.717, 1.165) is 41.3 Å². The summed E-state index contributed by atoms with van der Waals surface area (Å²) in [7, 11) is 3.58. The van der Waals surface area contributed by atoms with E-state index in [1.54, 1.807) is 7.11 Å². The molecule has 0 radical (unpaired) electrons. The third kappa shape index (κ3) is 3.76. The number of hydrogen-bond donors (Lipinski definition) is 1. The standard InChI is InChI=1S/C16H23N3O2/c1-4-13-9-14(19(2)18-13)11-21-16-10-15(20-3)6-5-12(16)7-8-17/h5-6,9-10H,4,7-8,11,17H2,1-3H3. The van der Waals surface area contributed by atoms with Crippen LogP contribution in [-0.4, -0.2) is 23.4 Å². The van der Waals surface area contributed by atoms with E-state index in [-0.39, 0.29) is 0 Å². The molecule has 5 nitrogen and oxygen atoms in total. The normalized spacial score (nSPS) is 10.7. The number of methoxy groups -OCH3 is 1. The first-order valence-electron chi connectivity index (χ1n) is 7.19. The zero-order chi connectivity index (χ0) is 15.2. The minimum atomic E-state index is 0.480. The van der Waals surface area contributed by atoms with E-state index < -0.39 is 0 Å². The van der Waals surface area contributed by atoms with E-state index in [2.05, 4.69) is 18.1 Å². The molecule has 114 valence electrons. The quantitative estimate of drug-likeness (QED) is 0.847. The summed E-state index contributed by atoms with van der Waals surface area (Å²) >= 11 is 0. The fraction of sp³-hybridized carbons (Fsp3) is 0.438. The maximum Gasteiger partial charge on any atom is 0.130 e. The zero-order valence-electron chi connectivity index (χ0n) is 12.9. The molecule has 0 saturated carbocycles. The van der Waals surface area contributed by atoms with E-state index in [1.807, 2.05) is 29.9 Å². The lowest BCUT2D eigenvalue weighted by molar-refractivity contribution is 0.289. The lowest BCUT2D eigenvalue weighted by Gasteiger charge is -2.12. The molecule has 0 atom stereocenters. The smallest absolute Gasteiger partial charge is 0.130 e. The molecule has 2 rings (SSSR count). The number of nitrogens with two attached hydrogens (primary N) is 1. The molecular formula is C16H23N3O2. The van der Waals surface area contributed by atoms with Gasteiger partial charge in [-0.15, -0.1) is 0 Å². The van der Waals surface area contributed by atoms with Crippen LogP contribution in [0.4, 0.5) is 0 Å².